The number of piperazine rings is 1. The van der Waals surface area contributed by atoms with Crippen molar-refractivity contribution < 1.29 is 4.39 Å². The van der Waals surface area contributed by atoms with E-state index in [1.54, 1.807) is 16.8 Å². The van der Waals surface area contributed by atoms with Gasteiger partial charge in [-0.1, -0.05) is 30.3 Å². The van der Waals surface area contributed by atoms with Crippen molar-refractivity contribution in [1.82, 2.24) is 19.9 Å². The van der Waals surface area contributed by atoms with Gasteiger partial charge in [-0.3, -0.25) is 9.36 Å². The largest absolute Gasteiger partial charge is 0.367 e. The molecule has 1 aliphatic rings. The van der Waals surface area contributed by atoms with E-state index in [4.69, 9.17) is 0 Å². The molecule has 8 heteroatoms. The van der Waals surface area contributed by atoms with E-state index in [0.29, 0.717) is 35.1 Å². The number of pyridine rings is 1. The van der Waals surface area contributed by atoms with Crippen LogP contribution in [-0.4, -0.2) is 40.7 Å². The molecular formula is C25H25FN6O. The zero-order valence-corrected chi connectivity index (χ0v) is 18.4. The molecule has 0 saturated carbocycles. The first-order valence-electron chi connectivity index (χ1n) is 11.1. The summed E-state index contributed by atoms with van der Waals surface area (Å²) < 4.78 is 16.4. The molecule has 33 heavy (non-hydrogen) atoms. The summed E-state index contributed by atoms with van der Waals surface area (Å²) in [4.78, 5) is 24.2. The van der Waals surface area contributed by atoms with Crippen LogP contribution in [0.1, 0.15) is 6.92 Å². The molecule has 0 spiro atoms. The quantitative estimate of drug-likeness (QED) is 0.488. The Bertz CT molecular complexity index is 1350. The fourth-order valence-corrected chi connectivity index (χ4v) is 4.21. The zero-order chi connectivity index (χ0) is 22.8. The van der Waals surface area contributed by atoms with Crippen LogP contribution >= 0.6 is 0 Å². The maximum absolute atomic E-state index is 14.8. The lowest BCUT2D eigenvalue weighted by Gasteiger charge is -2.29. The molecule has 1 saturated heterocycles. The predicted molar refractivity (Wildman–Crippen MR) is 130 cm³/mol. The minimum absolute atomic E-state index is 0.104. The monoisotopic (exact) mass is 444 g/mol. The van der Waals surface area contributed by atoms with Gasteiger partial charge in [-0.25, -0.2) is 9.37 Å². The predicted octanol–water partition coefficient (Wildman–Crippen LogP) is 3.77. The summed E-state index contributed by atoms with van der Waals surface area (Å²) in [6, 6.07) is 16.4. The fourth-order valence-electron chi connectivity index (χ4n) is 4.21. The Morgan fingerprint density at radius 1 is 1.09 bits per heavy atom. The molecule has 2 aromatic carbocycles. The second-order valence-corrected chi connectivity index (χ2v) is 7.97. The summed E-state index contributed by atoms with van der Waals surface area (Å²) in [5, 5.41) is 7.11. The van der Waals surface area contributed by atoms with Gasteiger partial charge in [-0.2, -0.15) is 4.98 Å². The first kappa shape index (κ1) is 21.1. The summed E-state index contributed by atoms with van der Waals surface area (Å²) in [6.07, 6.45) is 1.69. The molecule has 2 aromatic heterocycles. The van der Waals surface area contributed by atoms with Gasteiger partial charge in [0.1, 0.15) is 11.5 Å². The summed E-state index contributed by atoms with van der Waals surface area (Å²) in [7, 11) is 0. The highest BCUT2D eigenvalue weighted by atomic mass is 19.1. The number of halogens is 1. The summed E-state index contributed by atoms with van der Waals surface area (Å²) in [5.74, 6) is 0.0199. The molecule has 0 unspecified atom stereocenters. The highest BCUT2D eigenvalue weighted by molar-refractivity contribution is 5.81. The first-order chi connectivity index (χ1) is 16.1. The molecule has 0 atom stereocenters. The molecule has 5 rings (SSSR count). The van der Waals surface area contributed by atoms with E-state index in [-0.39, 0.29) is 11.4 Å². The van der Waals surface area contributed by atoms with Gasteiger partial charge in [0.05, 0.1) is 5.69 Å². The number of aryl methyl sites for hydroxylation is 1. The van der Waals surface area contributed by atoms with E-state index in [1.165, 1.54) is 6.07 Å². The Labute approximate surface area is 190 Å². The third-order valence-corrected chi connectivity index (χ3v) is 5.89. The van der Waals surface area contributed by atoms with Crippen molar-refractivity contribution in [1.29, 1.82) is 0 Å². The van der Waals surface area contributed by atoms with Crippen LogP contribution in [0.25, 0.3) is 22.2 Å². The third-order valence-electron chi connectivity index (χ3n) is 5.89. The number of nitrogens with one attached hydrogen (secondary N) is 2. The lowest BCUT2D eigenvalue weighted by Crippen LogP contribution is -2.43. The molecule has 0 amide bonds. The van der Waals surface area contributed by atoms with Crippen LogP contribution < -0.4 is 21.1 Å². The zero-order valence-electron chi connectivity index (χ0n) is 18.4. The molecular weight excluding hydrogens is 419 g/mol. The summed E-state index contributed by atoms with van der Waals surface area (Å²) in [6.45, 7) is 5.62. The van der Waals surface area contributed by atoms with Crippen LogP contribution in [0.4, 0.5) is 21.7 Å². The fraction of sp³-hybridized carbons (Fsp3) is 0.240. The van der Waals surface area contributed by atoms with Crippen molar-refractivity contribution in [2.24, 2.45) is 0 Å². The Kier molecular flexibility index (Phi) is 5.75. The van der Waals surface area contributed by atoms with Crippen molar-refractivity contribution in [3.63, 3.8) is 0 Å². The van der Waals surface area contributed by atoms with E-state index < -0.39 is 0 Å². The molecule has 3 heterocycles. The number of aromatic nitrogens is 3. The molecule has 7 nitrogen and oxygen atoms in total. The summed E-state index contributed by atoms with van der Waals surface area (Å²) in [5.41, 5.74) is 3.05. The van der Waals surface area contributed by atoms with Crippen LogP contribution in [0.3, 0.4) is 0 Å². The van der Waals surface area contributed by atoms with Crippen LogP contribution in [0, 0.1) is 5.82 Å². The van der Waals surface area contributed by atoms with Gasteiger partial charge in [0.15, 0.2) is 0 Å². The molecule has 2 N–H and O–H groups in total. The van der Waals surface area contributed by atoms with Crippen molar-refractivity contribution in [2.75, 3.05) is 36.4 Å². The number of hydrogen-bond acceptors (Lipinski definition) is 6. The minimum Gasteiger partial charge on any atom is -0.367 e. The molecule has 0 aliphatic carbocycles. The second-order valence-electron chi connectivity index (χ2n) is 7.97. The molecule has 0 bridgehead atoms. The Hall–Kier alpha value is -3.78. The number of benzene rings is 2. The van der Waals surface area contributed by atoms with E-state index in [1.807, 2.05) is 54.3 Å². The van der Waals surface area contributed by atoms with Gasteiger partial charge in [0.2, 0.25) is 5.95 Å². The maximum atomic E-state index is 14.8. The van der Waals surface area contributed by atoms with Crippen LogP contribution in [0.5, 0.6) is 0 Å². The third kappa shape index (κ3) is 4.17. The van der Waals surface area contributed by atoms with Crippen molar-refractivity contribution in [3.8, 4) is 11.1 Å². The molecule has 168 valence electrons. The van der Waals surface area contributed by atoms with Gasteiger partial charge in [0.25, 0.3) is 5.56 Å². The number of anilines is 3. The highest BCUT2D eigenvalue weighted by Gasteiger charge is 2.16. The van der Waals surface area contributed by atoms with Gasteiger partial charge < -0.3 is 15.5 Å². The van der Waals surface area contributed by atoms with E-state index in [0.717, 1.165) is 37.1 Å². The second kappa shape index (κ2) is 8.99. The lowest BCUT2D eigenvalue weighted by atomic mass is 10.1. The van der Waals surface area contributed by atoms with Crippen molar-refractivity contribution in [3.05, 3.63) is 77.0 Å². The smallest absolute Gasteiger partial charge is 0.260 e. The Morgan fingerprint density at radius 3 is 2.61 bits per heavy atom. The molecule has 1 aliphatic heterocycles. The van der Waals surface area contributed by atoms with Crippen LogP contribution in [-0.2, 0) is 6.54 Å². The topological polar surface area (TPSA) is 75.1 Å². The van der Waals surface area contributed by atoms with Crippen molar-refractivity contribution in [2.45, 2.75) is 13.5 Å². The Morgan fingerprint density at radius 2 is 1.88 bits per heavy atom. The van der Waals surface area contributed by atoms with Gasteiger partial charge in [-0.15, -0.1) is 0 Å². The van der Waals surface area contributed by atoms with E-state index >= 15 is 0 Å². The molecule has 4 aromatic rings. The minimum atomic E-state index is -0.291. The normalized spacial score (nSPS) is 13.9. The number of rotatable bonds is 5. The standard InChI is InChI=1S/C25H25FN6O/c1-2-32-23-18(14-20(24(32)33)17-6-4-3-5-7-17)16-28-25(30-23)29-19-8-9-22(21(26)15-19)31-12-10-27-11-13-31/h3-9,14-16,27H,2,10-13H2,1H3,(H,28,29,30). The van der Waals surface area contributed by atoms with Gasteiger partial charge in [-0.05, 0) is 36.8 Å². The lowest BCUT2D eigenvalue weighted by molar-refractivity contribution is 0.566. The van der Waals surface area contributed by atoms with Gasteiger partial charge in [0, 0.05) is 55.6 Å². The van der Waals surface area contributed by atoms with Gasteiger partial charge >= 0.3 is 0 Å². The van der Waals surface area contributed by atoms with Crippen LogP contribution in [0.2, 0.25) is 0 Å². The average molecular weight is 445 g/mol. The molecule has 1 fully saturated rings. The van der Waals surface area contributed by atoms with E-state index in [9.17, 15) is 9.18 Å². The molecule has 0 radical (unpaired) electrons. The van der Waals surface area contributed by atoms with Crippen LogP contribution in [0.15, 0.2) is 65.6 Å². The number of hydrogen-bond donors (Lipinski definition) is 2. The van der Waals surface area contributed by atoms with E-state index in [2.05, 4.69) is 20.6 Å². The number of nitrogens with zero attached hydrogens (tertiary/aromatic N) is 4. The summed E-state index contributed by atoms with van der Waals surface area (Å²) >= 11 is 0. The number of fused-ring (bicyclic) bond motifs is 1. The first-order valence-corrected chi connectivity index (χ1v) is 11.1. The van der Waals surface area contributed by atoms with Crippen molar-refractivity contribution >= 4 is 28.4 Å². The Balaban J connectivity index is 1.47. The highest BCUT2D eigenvalue weighted by Crippen LogP contribution is 2.25. The SMILES string of the molecule is CCn1c(=O)c(-c2ccccc2)cc2cnc(Nc3ccc(N4CCNCC4)c(F)c3)nc21. The maximum Gasteiger partial charge on any atom is 0.260 e. The average Bonchev–Trinajstić information content (AvgIpc) is 2.85.